The highest BCUT2D eigenvalue weighted by atomic mass is 16.5. The average molecular weight is 295 g/mol. The third kappa shape index (κ3) is 5.13. The molecule has 1 aromatic carbocycles. The normalized spacial score (nSPS) is 9.81. The minimum Gasteiger partial charge on any atom is -0.480 e. The van der Waals surface area contributed by atoms with E-state index in [0.29, 0.717) is 12.1 Å². The first-order valence-corrected chi connectivity index (χ1v) is 6.21. The standard InChI is InChI=1S/C14H17NO6/c1-20-13(18)8-5-10-3-6-11(7-4-10)15(9-12(16)17)14(19)21-2/h3-4,6-7H,5,8-9H2,1-2H3,(H,16,17). The van der Waals surface area contributed by atoms with Crippen LogP contribution >= 0.6 is 0 Å². The Morgan fingerprint density at radius 1 is 1.10 bits per heavy atom. The minimum atomic E-state index is -1.14. The van der Waals surface area contributed by atoms with Crippen LogP contribution in [0.1, 0.15) is 12.0 Å². The fourth-order valence-electron chi connectivity index (χ4n) is 1.70. The van der Waals surface area contributed by atoms with Gasteiger partial charge in [0.05, 0.1) is 14.2 Å². The van der Waals surface area contributed by atoms with Gasteiger partial charge in [-0.1, -0.05) is 12.1 Å². The summed E-state index contributed by atoms with van der Waals surface area (Å²) < 4.78 is 9.10. The van der Waals surface area contributed by atoms with Gasteiger partial charge in [0.2, 0.25) is 0 Å². The van der Waals surface area contributed by atoms with Crippen molar-refractivity contribution in [2.75, 3.05) is 25.7 Å². The number of carboxylic acids is 1. The number of methoxy groups -OCH3 is 2. The number of rotatable bonds is 6. The zero-order valence-electron chi connectivity index (χ0n) is 11.9. The molecule has 0 aromatic heterocycles. The molecule has 0 atom stereocenters. The van der Waals surface area contributed by atoms with Gasteiger partial charge >= 0.3 is 18.0 Å². The van der Waals surface area contributed by atoms with Gasteiger partial charge in [-0.3, -0.25) is 14.5 Å². The number of hydrogen-bond acceptors (Lipinski definition) is 5. The van der Waals surface area contributed by atoms with Crippen LogP contribution in [0.15, 0.2) is 24.3 Å². The van der Waals surface area contributed by atoms with Crippen molar-refractivity contribution in [3.05, 3.63) is 29.8 Å². The van der Waals surface area contributed by atoms with Gasteiger partial charge in [-0.05, 0) is 24.1 Å². The number of hydrogen-bond donors (Lipinski definition) is 1. The van der Waals surface area contributed by atoms with E-state index in [2.05, 4.69) is 9.47 Å². The first-order chi connectivity index (χ1) is 9.97. The number of aryl methyl sites for hydroxylation is 1. The third-order valence-electron chi connectivity index (χ3n) is 2.78. The van der Waals surface area contributed by atoms with E-state index < -0.39 is 18.6 Å². The molecule has 1 amide bonds. The second-order valence-corrected chi connectivity index (χ2v) is 4.19. The number of nitrogens with zero attached hydrogens (tertiary/aromatic N) is 1. The summed E-state index contributed by atoms with van der Waals surface area (Å²) in [5.41, 5.74) is 1.29. The Morgan fingerprint density at radius 3 is 2.19 bits per heavy atom. The Bertz CT molecular complexity index is 511. The molecule has 114 valence electrons. The van der Waals surface area contributed by atoms with E-state index in [1.165, 1.54) is 14.2 Å². The molecule has 0 unspecified atom stereocenters. The van der Waals surface area contributed by atoms with Crippen LogP contribution in [-0.2, 0) is 25.5 Å². The van der Waals surface area contributed by atoms with E-state index in [1.54, 1.807) is 24.3 Å². The SMILES string of the molecule is COC(=O)CCc1ccc(N(CC(=O)O)C(=O)OC)cc1. The molecule has 0 radical (unpaired) electrons. The van der Waals surface area contributed by atoms with E-state index in [0.717, 1.165) is 10.5 Å². The second kappa shape index (κ2) is 7.88. The lowest BCUT2D eigenvalue weighted by atomic mass is 10.1. The fraction of sp³-hybridized carbons (Fsp3) is 0.357. The van der Waals surface area contributed by atoms with Crippen molar-refractivity contribution in [3.8, 4) is 0 Å². The molecular formula is C14H17NO6. The summed E-state index contributed by atoms with van der Waals surface area (Å²) in [6.07, 6.45) is 0.00945. The fourth-order valence-corrected chi connectivity index (χ4v) is 1.70. The average Bonchev–Trinajstić information content (AvgIpc) is 2.49. The highest BCUT2D eigenvalue weighted by Crippen LogP contribution is 2.17. The quantitative estimate of drug-likeness (QED) is 0.798. The van der Waals surface area contributed by atoms with E-state index in [1.807, 2.05) is 0 Å². The minimum absolute atomic E-state index is 0.256. The molecular weight excluding hydrogens is 278 g/mol. The number of carbonyl (C=O) groups excluding carboxylic acids is 2. The second-order valence-electron chi connectivity index (χ2n) is 4.19. The Hall–Kier alpha value is -2.57. The first kappa shape index (κ1) is 16.5. The maximum atomic E-state index is 11.6. The lowest BCUT2D eigenvalue weighted by Crippen LogP contribution is -2.35. The summed E-state index contributed by atoms with van der Waals surface area (Å²) in [5.74, 6) is -1.45. The maximum Gasteiger partial charge on any atom is 0.414 e. The maximum absolute atomic E-state index is 11.6. The molecule has 0 saturated carbocycles. The van der Waals surface area contributed by atoms with E-state index in [9.17, 15) is 14.4 Å². The smallest absolute Gasteiger partial charge is 0.414 e. The Labute approximate surface area is 122 Å². The molecule has 0 heterocycles. The van der Waals surface area contributed by atoms with Crippen LogP contribution in [0.2, 0.25) is 0 Å². The van der Waals surface area contributed by atoms with Crippen LogP contribution in [-0.4, -0.2) is 43.9 Å². The molecule has 0 aliphatic carbocycles. The number of esters is 1. The Morgan fingerprint density at radius 2 is 1.71 bits per heavy atom. The molecule has 0 aliphatic rings. The Kier molecular flexibility index (Phi) is 6.19. The number of carbonyl (C=O) groups is 3. The number of carboxylic acid groups (broad SMARTS) is 1. The van der Waals surface area contributed by atoms with Crippen molar-refractivity contribution in [3.63, 3.8) is 0 Å². The number of ether oxygens (including phenoxy) is 2. The van der Waals surface area contributed by atoms with Crippen LogP contribution < -0.4 is 4.90 Å². The molecule has 0 bridgehead atoms. The van der Waals surface area contributed by atoms with Gasteiger partial charge in [0, 0.05) is 12.1 Å². The lowest BCUT2D eigenvalue weighted by Gasteiger charge is -2.19. The lowest BCUT2D eigenvalue weighted by molar-refractivity contribution is -0.140. The molecule has 0 saturated heterocycles. The monoisotopic (exact) mass is 295 g/mol. The van der Waals surface area contributed by atoms with Crippen molar-refractivity contribution in [2.24, 2.45) is 0 Å². The summed E-state index contributed by atoms with van der Waals surface area (Å²) in [5, 5.41) is 8.82. The zero-order chi connectivity index (χ0) is 15.8. The summed E-state index contributed by atoms with van der Waals surface area (Å²) in [6, 6.07) is 6.64. The van der Waals surface area contributed by atoms with Gasteiger partial charge in [0.1, 0.15) is 6.54 Å². The summed E-state index contributed by atoms with van der Waals surface area (Å²) in [4.78, 5) is 34.4. The van der Waals surface area contributed by atoms with Crippen LogP contribution in [0.25, 0.3) is 0 Å². The van der Waals surface area contributed by atoms with Crippen molar-refractivity contribution in [2.45, 2.75) is 12.8 Å². The zero-order valence-corrected chi connectivity index (χ0v) is 11.9. The third-order valence-corrected chi connectivity index (χ3v) is 2.78. The predicted molar refractivity (Wildman–Crippen MR) is 74.2 cm³/mol. The van der Waals surface area contributed by atoms with Gasteiger partial charge in [-0.15, -0.1) is 0 Å². The van der Waals surface area contributed by atoms with Gasteiger partial charge < -0.3 is 14.6 Å². The topological polar surface area (TPSA) is 93.1 Å². The van der Waals surface area contributed by atoms with Crippen LogP contribution in [0.3, 0.4) is 0 Å². The number of anilines is 1. The molecule has 0 fully saturated rings. The van der Waals surface area contributed by atoms with Gasteiger partial charge in [-0.2, -0.15) is 0 Å². The van der Waals surface area contributed by atoms with Crippen LogP contribution in [0.5, 0.6) is 0 Å². The molecule has 1 rings (SSSR count). The van der Waals surface area contributed by atoms with Gasteiger partial charge in [0.25, 0.3) is 0 Å². The number of amides is 1. The first-order valence-electron chi connectivity index (χ1n) is 6.21. The van der Waals surface area contributed by atoms with E-state index in [-0.39, 0.29) is 12.4 Å². The molecule has 0 aliphatic heterocycles. The van der Waals surface area contributed by atoms with Gasteiger partial charge in [-0.25, -0.2) is 4.79 Å². The molecule has 1 N–H and O–H groups in total. The van der Waals surface area contributed by atoms with E-state index in [4.69, 9.17) is 5.11 Å². The molecule has 1 aromatic rings. The van der Waals surface area contributed by atoms with Crippen molar-refractivity contribution in [1.82, 2.24) is 0 Å². The summed E-state index contributed by atoms with van der Waals surface area (Å²) >= 11 is 0. The van der Waals surface area contributed by atoms with E-state index >= 15 is 0 Å². The largest absolute Gasteiger partial charge is 0.480 e. The van der Waals surface area contributed by atoms with Crippen LogP contribution in [0, 0.1) is 0 Å². The molecule has 21 heavy (non-hydrogen) atoms. The van der Waals surface area contributed by atoms with Crippen molar-refractivity contribution < 1.29 is 29.0 Å². The molecule has 0 spiro atoms. The molecule has 7 nitrogen and oxygen atoms in total. The predicted octanol–water partition coefficient (Wildman–Crippen LogP) is 1.45. The highest BCUT2D eigenvalue weighted by Gasteiger charge is 2.19. The Balaban J connectivity index is 2.79. The van der Waals surface area contributed by atoms with Crippen molar-refractivity contribution >= 4 is 23.7 Å². The van der Waals surface area contributed by atoms with Crippen LogP contribution in [0.4, 0.5) is 10.5 Å². The van der Waals surface area contributed by atoms with Gasteiger partial charge in [0.15, 0.2) is 0 Å². The number of aliphatic carboxylic acids is 1. The highest BCUT2D eigenvalue weighted by molar-refractivity contribution is 5.92. The summed E-state index contributed by atoms with van der Waals surface area (Å²) in [6.45, 7) is -0.492. The number of benzene rings is 1. The van der Waals surface area contributed by atoms with Crippen molar-refractivity contribution in [1.29, 1.82) is 0 Å². The molecule has 7 heteroatoms. The summed E-state index contributed by atoms with van der Waals surface area (Å²) in [7, 11) is 2.51.